The zero-order valence-corrected chi connectivity index (χ0v) is 20.4. The zero-order valence-electron chi connectivity index (χ0n) is 19.6. The van der Waals surface area contributed by atoms with E-state index in [9.17, 15) is 23.9 Å². The largest absolute Gasteiger partial charge is 0.465 e. The molecule has 1 aliphatic rings. The van der Waals surface area contributed by atoms with Crippen LogP contribution in [0.15, 0.2) is 46.5 Å². The lowest BCUT2D eigenvalue weighted by Gasteiger charge is -2.31. The Kier molecular flexibility index (Phi) is 6.52. The number of halogens is 2. The van der Waals surface area contributed by atoms with Crippen LogP contribution in [0.5, 0.6) is 0 Å². The van der Waals surface area contributed by atoms with E-state index in [2.05, 4.69) is 10.1 Å². The van der Waals surface area contributed by atoms with Crippen molar-refractivity contribution in [3.05, 3.63) is 85.3 Å². The molecule has 1 aromatic carbocycles. The summed E-state index contributed by atoms with van der Waals surface area (Å²) >= 11 is 6.42. The van der Waals surface area contributed by atoms with Gasteiger partial charge in [-0.15, -0.1) is 0 Å². The minimum absolute atomic E-state index is 0.00228. The molecule has 4 aromatic rings. The third-order valence-corrected chi connectivity index (χ3v) is 6.54. The Morgan fingerprint density at radius 1 is 1.30 bits per heavy atom. The summed E-state index contributed by atoms with van der Waals surface area (Å²) in [5.74, 6) is -1.06. The van der Waals surface area contributed by atoms with Gasteiger partial charge in [0, 0.05) is 29.7 Å². The smallest absolute Gasteiger partial charge is 0.407 e. The Hall–Kier alpha value is -4.03. The lowest BCUT2D eigenvalue weighted by molar-refractivity contribution is -0.0210. The summed E-state index contributed by atoms with van der Waals surface area (Å²) in [5, 5.41) is 14.2. The maximum Gasteiger partial charge on any atom is 0.407 e. The maximum atomic E-state index is 13.7. The molecule has 0 unspecified atom stereocenters. The SMILES string of the molecule is Cc1cc(Cl)cc(-c2ncnn3cc(Cn4cc(F)c(=O)[nH]c4=O)cc23)c1C[C@@H]1CN(C(=O)O)CCO1. The molecule has 192 valence electrons. The summed E-state index contributed by atoms with van der Waals surface area (Å²) in [7, 11) is 0. The molecular weight excluding hydrogens is 507 g/mol. The molecule has 2 N–H and O–H groups in total. The van der Waals surface area contributed by atoms with Crippen LogP contribution in [0.2, 0.25) is 5.02 Å². The van der Waals surface area contributed by atoms with Crippen LogP contribution >= 0.6 is 11.6 Å². The van der Waals surface area contributed by atoms with Gasteiger partial charge in [-0.2, -0.15) is 9.49 Å². The summed E-state index contributed by atoms with van der Waals surface area (Å²) in [6.45, 7) is 2.79. The molecule has 0 aliphatic carbocycles. The predicted molar refractivity (Wildman–Crippen MR) is 132 cm³/mol. The van der Waals surface area contributed by atoms with E-state index >= 15 is 0 Å². The van der Waals surface area contributed by atoms with E-state index < -0.39 is 23.2 Å². The number of aryl methyl sites for hydroxylation is 1. The number of H-pyrrole nitrogens is 1. The number of aromatic amines is 1. The van der Waals surface area contributed by atoms with Crippen molar-refractivity contribution in [2.75, 3.05) is 19.7 Å². The van der Waals surface area contributed by atoms with E-state index in [1.165, 1.54) is 11.2 Å². The average molecular weight is 529 g/mol. The molecule has 1 saturated heterocycles. The van der Waals surface area contributed by atoms with Crippen LogP contribution in [0, 0.1) is 12.7 Å². The van der Waals surface area contributed by atoms with Crippen molar-refractivity contribution in [2.24, 2.45) is 0 Å². The number of benzene rings is 1. The Morgan fingerprint density at radius 2 is 2.11 bits per heavy atom. The van der Waals surface area contributed by atoms with Crippen molar-refractivity contribution in [1.82, 2.24) is 29.0 Å². The molecule has 0 radical (unpaired) electrons. The quantitative estimate of drug-likeness (QED) is 0.406. The summed E-state index contributed by atoms with van der Waals surface area (Å²) in [6, 6.07) is 5.39. The van der Waals surface area contributed by atoms with Gasteiger partial charge in [0.05, 0.1) is 43.2 Å². The van der Waals surface area contributed by atoms with Crippen LogP contribution < -0.4 is 11.2 Å². The normalized spacial score (nSPS) is 15.9. The van der Waals surface area contributed by atoms with Crippen molar-refractivity contribution in [3.8, 4) is 11.3 Å². The van der Waals surface area contributed by atoms with E-state index in [-0.39, 0.29) is 19.2 Å². The molecule has 5 rings (SSSR count). The van der Waals surface area contributed by atoms with Gasteiger partial charge in [-0.1, -0.05) is 11.6 Å². The molecule has 0 spiro atoms. The first-order valence-corrected chi connectivity index (χ1v) is 11.8. The van der Waals surface area contributed by atoms with E-state index in [0.29, 0.717) is 41.4 Å². The number of carboxylic acid groups (broad SMARTS) is 1. The zero-order chi connectivity index (χ0) is 26.3. The van der Waals surface area contributed by atoms with Gasteiger partial charge in [0.2, 0.25) is 5.82 Å². The van der Waals surface area contributed by atoms with Crippen LogP contribution in [0.25, 0.3) is 16.8 Å². The maximum absolute atomic E-state index is 13.7. The fraction of sp³-hybridized carbons (Fsp3) is 0.292. The van der Waals surface area contributed by atoms with Crippen molar-refractivity contribution in [1.29, 1.82) is 0 Å². The predicted octanol–water partition coefficient (Wildman–Crippen LogP) is 2.32. The lowest BCUT2D eigenvalue weighted by atomic mass is 9.93. The number of nitrogens with zero attached hydrogens (tertiary/aromatic N) is 5. The highest BCUT2D eigenvalue weighted by Crippen LogP contribution is 2.33. The van der Waals surface area contributed by atoms with E-state index in [1.807, 2.05) is 18.0 Å². The second kappa shape index (κ2) is 9.79. The molecule has 11 nitrogen and oxygen atoms in total. The number of aromatic nitrogens is 5. The van der Waals surface area contributed by atoms with Gasteiger partial charge in [0.1, 0.15) is 6.33 Å². The average Bonchev–Trinajstić information content (AvgIpc) is 3.27. The molecule has 0 bridgehead atoms. The number of rotatable bonds is 5. The van der Waals surface area contributed by atoms with Crippen molar-refractivity contribution in [3.63, 3.8) is 0 Å². The van der Waals surface area contributed by atoms with Crippen LogP contribution in [0.1, 0.15) is 16.7 Å². The van der Waals surface area contributed by atoms with Gasteiger partial charge in [-0.3, -0.25) is 14.3 Å². The summed E-state index contributed by atoms with van der Waals surface area (Å²) < 4.78 is 22.3. The monoisotopic (exact) mass is 528 g/mol. The van der Waals surface area contributed by atoms with E-state index in [1.54, 1.807) is 22.8 Å². The lowest BCUT2D eigenvalue weighted by Crippen LogP contribution is -2.45. The Morgan fingerprint density at radius 3 is 2.89 bits per heavy atom. The molecule has 4 heterocycles. The third-order valence-electron chi connectivity index (χ3n) is 6.32. The number of carbonyl (C=O) groups is 1. The Labute approximate surface area is 213 Å². The second-order valence-corrected chi connectivity index (χ2v) is 9.26. The molecular formula is C24H22ClFN6O5. The molecule has 37 heavy (non-hydrogen) atoms. The molecule has 1 amide bonds. The number of hydrogen-bond donors (Lipinski definition) is 2. The number of amides is 1. The van der Waals surface area contributed by atoms with Crippen LogP contribution in [-0.4, -0.2) is 66.0 Å². The van der Waals surface area contributed by atoms with Crippen LogP contribution in [0.4, 0.5) is 9.18 Å². The highest BCUT2D eigenvalue weighted by molar-refractivity contribution is 6.31. The molecule has 1 aliphatic heterocycles. The van der Waals surface area contributed by atoms with Gasteiger partial charge < -0.3 is 14.7 Å². The fourth-order valence-corrected chi connectivity index (χ4v) is 4.85. The van der Waals surface area contributed by atoms with Gasteiger partial charge in [-0.25, -0.2) is 19.1 Å². The summed E-state index contributed by atoms with van der Waals surface area (Å²) in [5.41, 5.74) is 2.56. The standard InChI is InChI=1S/C24H22ClFN6O5/c1-13-4-15(25)6-18(17(13)7-16-10-30(24(35)36)2-3-37-16)21-20-5-14(9-32(20)28-12-27-21)8-31-11-19(26)22(33)29-23(31)34/h4-6,9,11-12,16H,2-3,7-8,10H2,1H3,(H,35,36)(H,29,33,34)/t16-/m1/s1. The van der Waals surface area contributed by atoms with Gasteiger partial charge in [0.15, 0.2) is 0 Å². The molecule has 13 heteroatoms. The highest BCUT2D eigenvalue weighted by Gasteiger charge is 2.26. The molecule has 0 saturated carbocycles. The number of nitrogens with one attached hydrogen (secondary N) is 1. The second-order valence-electron chi connectivity index (χ2n) is 8.83. The first-order valence-electron chi connectivity index (χ1n) is 11.4. The number of fused-ring (bicyclic) bond motifs is 1. The van der Waals surface area contributed by atoms with Crippen molar-refractivity contribution < 1.29 is 19.0 Å². The van der Waals surface area contributed by atoms with Crippen LogP contribution in [0.3, 0.4) is 0 Å². The fourth-order valence-electron chi connectivity index (χ4n) is 4.57. The molecule has 3 aromatic heterocycles. The Bertz CT molecular complexity index is 1630. The van der Waals surface area contributed by atoms with Crippen LogP contribution in [-0.2, 0) is 17.7 Å². The van der Waals surface area contributed by atoms with Gasteiger partial charge in [-0.05, 0) is 41.8 Å². The van der Waals surface area contributed by atoms with Crippen molar-refractivity contribution >= 4 is 23.2 Å². The number of morpholine rings is 1. The number of hydrogen-bond acceptors (Lipinski definition) is 6. The summed E-state index contributed by atoms with van der Waals surface area (Å²) in [6.07, 6.45) is 3.05. The first-order chi connectivity index (χ1) is 17.7. The molecule has 1 fully saturated rings. The topological polar surface area (TPSA) is 135 Å². The minimum Gasteiger partial charge on any atom is -0.465 e. The summed E-state index contributed by atoms with van der Waals surface area (Å²) in [4.78, 5) is 42.7. The van der Waals surface area contributed by atoms with Gasteiger partial charge in [0.25, 0.3) is 5.56 Å². The Balaban J connectivity index is 1.54. The number of ether oxygens (including phenoxy) is 1. The van der Waals surface area contributed by atoms with E-state index in [4.69, 9.17) is 16.3 Å². The first kappa shape index (κ1) is 24.7. The van der Waals surface area contributed by atoms with E-state index in [0.717, 1.165) is 27.5 Å². The molecule has 1 atom stereocenters. The third kappa shape index (κ3) is 4.98. The highest BCUT2D eigenvalue weighted by atomic mass is 35.5. The van der Waals surface area contributed by atoms with Gasteiger partial charge >= 0.3 is 11.8 Å². The van der Waals surface area contributed by atoms with Crippen molar-refractivity contribution in [2.45, 2.75) is 26.0 Å². The minimum atomic E-state index is -1.08.